The Bertz CT molecular complexity index is 319. The Hall–Kier alpha value is -0.790. The molecule has 3 rings (SSSR count). The van der Waals surface area contributed by atoms with Crippen LogP contribution in [0.1, 0.15) is 38.3 Å². The maximum absolute atomic E-state index is 4.64. The zero-order chi connectivity index (χ0) is 8.89. The Morgan fingerprint density at radius 2 is 2.31 bits per heavy atom. The van der Waals surface area contributed by atoms with Crippen molar-refractivity contribution in [3.05, 3.63) is 18.0 Å². The molecule has 2 saturated carbocycles. The van der Waals surface area contributed by atoms with Crippen molar-refractivity contribution in [1.29, 1.82) is 0 Å². The Morgan fingerprint density at radius 3 is 2.92 bits per heavy atom. The average molecular weight is 176 g/mol. The van der Waals surface area contributed by atoms with Crippen LogP contribution in [-0.4, -0.2) is 9.78 Å². The Kier molecular flexibility index (Phi) is 1.38. The highest BCUT2D eigenvalue weighted by atomic mass is 15.3. The van der Waals surface area contributed by atoms with Crippen LogP contribution in [-0.2, 0) is 12.0 Å². The van der Waals surface area contributed by atoms with Gasteiger partial charge < -0.3 is 0 Å². The van der Waals surface area contributed by atoms with Crippen LogP contribution in [0.3, 0.4) is 0 Å². The maximum Gasteiger partial charge on any atom is 0.0683 e. The monoisotopic (exact) mass is 176 g/mol. The normalized spacial score (nSPS) is 24.7. The van der Waals surface area contributed by atoms with Crippen molar-refractivity contribution in [3.63, 3.8) is 0 Å². The van der Waals surface area contributed by atoms with E-state index in [1.807, 2.05) is 0 Å². The molecule has 13 heavy (non-hydrogen) atoms. The molecule has 0 atom stereocenters. The summed E-state index contributed by atoms with van der Waals surface area (Å²) < 4.78 is 2.14. The van der Waals surface area contributed by atoms with Crippen LogP contribution in [0.15, 0.2) is 12.3 Å². The molecular formula is C11H16N2. The molecule has 0 unspecified atom stereocenters. The van der Waals surface area contributed by atoms with E-state index in [1.165, 1.54) is 31.4 Å². The lowest BCUT2D eigenvalue weighted by atomic mass is 10.1. The van der Waals surface area contributed by atoms with E-state index >= 15 is 0 Å². The second-order valence-electron chi connectivity index (χ2n) is 4.93. The average Bonchev–Trinajstić information content (AvgIpc) is 2.97. The highest BCUT2D eigenvalue weighted by molar-refractivity contribution is 5.21. The molecule has 0 aliphatic heterocycles. The van der Waals surface area contributed by atoms with E-state index in [-0.39, 0.29) is 0 Å². The van der Waals surface area contributed by atoms with E-state index in [4.69, 9.17) is 0 Å². The van der Waals surface area contributed by atoms with Gasteiger partial charge in [0.15, 0.2) is 0 Å². The van der Waals surface area contributed by atoms with E-state index in [1.54, 1.807) is 0 Å². The zero-order valence-corrected chi connectivity index (χ0v) is 8.16. The summed E-state index contributed by atoms with van der Waals surface area (Å²) in [6.07, 6.45) is 7.62. The Balaban J connectivity index is 1.76. The van der Waals surface area contributed by atoms with Crippen molar-refractivity contribution in [2.45, 2.75) is 44.6 Å². The highest BCUT2D eigenvalue weighted by Gasteiger charge is 2.41. The molecule has 2 fully saturated rings. The van der Waals surface area contributed by atoms with E-state index < -0.39 is 0 Å². The van der Waals surface area contributed by atoms with Gasteiger partial charge in [-0.2, -0.15) is 5.10 Å². The van der Waals surface area contributed by atoms with Crippen LogP contribution in [0.4, 0.5) is 0 Å². The van der Waals surface area contributed by atoms with Crippen LogP contribution >= 0.6 is 0 Å². The molecule has 0 saturated heterocycles. The molecule has 2 nitrogen and oxygen atoms in total. The summed E-state index contributed by atoms with van der Waals surface area (Å²) in [4.78, 5) is 0. The third kappa shape index (κ3) is 1.38. The van der Waals surface area contributed by atoms with Crippen LogP contribution in [0.5, 0.6) is 0 Å². The molecule has 2 heteroatoms. The minimum Gasteiger partial charge on any atom is -0.272 e. The van der Waals surface area contributed by atoms with Gasteiger partial charge in [-0.15, -0.1) is 0 Å². The van der Waals surface area contributed by atoms with E-state index in [9.17, 15) is 0 Å². The molecule has 0 amide bonds. The number of aromatic nitrogens is 2. The summed E-state index contributed by atoms with van der Waals surface area (Å²) in [5, 5.41) is 4.64. The number of hydrogen-bond acceptors (Lipinski definition) is 1. The molecule has 0 N–H and O–H groups in total. The van der Waals surface area contributed by atoms with Crippen molar-refractivity contribution in [3.8, 4) is 0 Å². The SMILES string of the molecule is CC1(c2ccn(CC3CC3)n2)CC1. The number of nitrogens with zero attached hydrogens (tertiary/aromatic N) is 2. The Labute approximate surface area is 78.9 Å². The van der Waals surface area contributed by atoms with Gasteiger partial charge in [0.25, 0.3) is 0 Å². The van der Waals surface area contributed by atoms with Gasteiger partial charge in [-0.3, -0.25) is 4.68 Å². The fourth-order valence-electron chi connectivity index (χ4n) is 1.79. The van der Waals surface area contributed by atoms with Gasteiger partial charge in [-0.1, -0.05) is 6.92 Å². The van der Waals surface area contributed by atoms with E-state index in [2.05, 4.69) is 29.0 Å². The first-order chi connectivity index (χ1) is 6.26. The van der Waals surface area contributed by atoms with Crippen molar-refractivity contribution >= 4 is 0 Å². The van der Waals surface area contributed by atoms with Crippen molar-refractivity contribution < 1.29 is 0 Å². The van der Waals surface area contributed by atoms with Crippen LogP contribution in [0.25, 0.3) is 0 Å². The van der Waals surface area contributed by atoms with Crippen molar-refractivity contribution in [1.82, 2.24) is 9.78 Å². The molecule has 0 radical (unpaired) electrons. The predicted octanol–water partition coefficient (Wildman–Crippen LogP) is 2.34. The quantitative estimate of drug-likeness (QED) is 0.691. The minimum absolute atomic E-state index is 0.439. The molecule has 0 spiro atoms. The van der Waals surface area contributed by atoms with Gasteiger partial charge in [-0.25, -0.2) is 0 Å². The minimum atomic E-state index is 0.439. The number of hydrogen-bond donors (Lipinski definition) is 0. The first-order valence-electron chi connectivity index (χ1n) is 5.30. The fraction of sp³-hybridized carbons (Fsp3) is 0.727. The van der Waals surface area contributed by atoms with Gasteiger partial charge in [0.2, 0.25) is 0 Å². The van der Waals surface area contributed by atoms with Crippen LogP contribution in [0.2, 0.25) is 0 Å². The first kappa shape index (κ1) is 7.60. The van der Waals surface area contributed by atoms with Gasteiger partial charge in [-0.05, 0) is 37.7 Å². The molecule has 2 aliphatic rings. The van der Waals surface area contributed by atoms with E-state index in [0.29, 0.717) is 5.41 Å². The lowest BCUT2D eigenvalue weighted by Gasteiger charge is -2.02. The van der Waals surface area contributed by atoms with Gasteiger partial charge in [0.05, 0.1) is 5.69 Å². The summed E-state index contributed by atoms with van der Waals surface area (Å²) in [5.74, 6) is 0.930. The molecule has 2 aliphatic carbocycles. The highest BCUT2D eigenvalue weighted by Crippen LogP contribution is 2.46. The molecule has 0 bridgehead atoms. The Morgan fingerprint density at radius 1 is 1.54 bits per heavy atom. The lowest BCUT2D eigenvalue weighted by molar-refractivity contribution is 0.548. The summed E-state index contributed by atoms with van der Waals surface area (Å²) in [6.45, 7) is 3.47. The smallest absolute Gasteiger partial charge is 0.0683 e. The molecule has 70 valence electrons. The lowest BCUT2D eigenvalue weighted by Crippen LogP contribution is -2.05. The largest absolute Gasteiger partial charge is 0.272 e. The fourth-order valence-corrected chi connectivity index (χ4v) is 1.79. The second-order valence-corrected chi connectivity index (χ2v) is 4.93. The third-order valence-corrected chi connectivity index (χ3v) is 3.40. The van der Waals surface area contributed by atoms with Gasteiger partial charge >= 0.3 is 0 Å². The van der Waals surface area contributed by atoms with Crippen molar-refractivity contribution in [2.24, 2.45) is 5.92 Å². The standard InChI is InChI=1S/C11H16N2/c1-11(5-6-11)10-4-7-13(12-10)8-9-2-3-9/h4,7,9H,2-3,5-6,8H2,1H3. The molecular weight excluding hydrogens is 160 g/mol. The van der Waals surface area contributed by atoms with Gasteiger partial charge in [0, 0.05) is 18.2 Å². The summed E-state index contributed by atoms with van der Waals surface area (Å²) in [6, 6.07) is 2.20. The van der Waals surface area contributed by atoms with Crippen molar-refractivity contribution in [2.75, 3.05) is 0 Å². The number of rotatable bonds is 3. The summed E-state index contributed by atoms with van der Waals surface area (Å²) in [7, 11) is 0. The zero-order valence-electron chi connectivity index (χ0n) is 8.16. The summed E-state index contributed by atoms with van der Waals surface area (Å²) in [5.41, 5.74) is 1.75. The third-order valence-electron chi connectivity index (χ3n) is 3.40. The molecule has 1 heterocycles. The first-order valence-corrected chi connectivity index (χ1v) is 5.30. The van der Waals surface area contributed by atoms with E-state index in [0.717, 1.165) is 12.5 Å². The predicted molar refractivity (Wildman–Crippen MR) is 51.5 cm³/mol. The molecule has 1 aromatic rings. The molecule has 0 aromatic carbocycles. The second kappa shape index (κ2) is 2.37. The maximum atomic E-state index is 4.64. The van der Waals surface area contributed by atoms with Crippen LogP contribution in [0, 0.1) is 5.92 Å². The summed E-state index contributed by atoms with van der Waals surface area (Å²) >= 11 is 0. The van der Waals surface area contributed by atoms with Crippen LogP contribution < -0.4 is 0 Å². The van der Waals surface area contributed by atoms with Gasteiger partial charge in [0.1, 0.15) is 0 Å². The molecule has 1 aromatic heterocycles. The topological polar surface area (TPSA) is 17.8 Å².